The van der Waals surface area contributed by atoms with Gasteiger partial charge in [-0.2, -0.15) is 0 Å². The number of rotatable bonds is 8. The summed E-state index contributed by atoms with van der Waals surface area (Å²) in [6.07, 6.45) is 4.86. The van der Waals surface area contributed by atoms with E-state index in [0.717, 1.165) is 12.8 Å². The maximum absolute atomic E-state index is 14.6. The molecule has 0 saturated carbocycles. The molecule has 1 aliphatic rings. The van der Waals surface area contributed by atoms with Crippen LogP contribution in [-0.4, -0.2) is 43.1 Å². The van der Waals surface area contributed by atoms with Crippen molar-refractivity contribution < 1.29 is 22.3 Å². The van der Waals surface area contributed by atoms with Crippen molar-refractivity contribution >= 4 is 15.9 Å². The molecule has 2 aromatic carbocycles. The molecule has 0 spiro atoms. The third-order valence-electron chi connectivity index (χ3n) is 5.48. The number of hydrogen-bond donors (Lipinski definition) is 2. The number of aromatic nitrogens is 2. The number of carbonyl (C=O) groups is 1. The summed E-state index contributed by atoms with van der Waals surface area (Å²) in [5, 5.41) is 2.70. The highest BCUT2D eigenvalue weighted by molar-refractivity contribution is 7.89. The first-order valence-corrected chi connectivity index (χ1v) is 12.1. The highest BCUT2D eigenvalue weighted by atomic mass is 32.2. The van der Waals surface area contributed by atoms with Gasteiger partial charge in [0.15, 0.2) is 0 Å². The van der Waals surface area contributed by atoms with Crippen LogP contribution < -0.4 is 10.0 Å². The molecule has 1 amide bonds. The number of hydrogen-bond acceptors (Lipinski definition) is 5. The maximum atomic E-state index is 14.6. The first-order chi connectivity index (χ1) is 15.8. The number of carbonyl (C=O) groups excluding carboxylic acids is 1. The average Bonchev–Trinajstić information content (AvgIpc) is 3.48. The summed E-state index contributed by atoms with van der Waals surface area (Å²) in [6.45, 7) is 2.70. The van der Waals surface area contributed by atoms with E-state index in [-0.39, 0.29) is 29.7 Å². The largest absolute Gasteiger partial charge is 0.377 e. The van der Waals surface area contributed by atoms with E-state index in [1.54, 1.807) is 36.0 Å². The zero-order chi connectivity index (χ0) is 23.4. The minimum absolute atomic E-state index is 0.000698. The van der Waals surface area contributed by atoms with Crippen LogP contribution in [0.5, 0.6) is 0 Å². The van der Waals surface area contributed by atoms with Crippen molar-refractivity contribution in [3.63, 3.8) is 0 Å². The lowest BCUT2D eigenvalue weighted by Gasteiger charge is -2.12. The first-order valence-electron chi connectivity index (χ1n) is 10.6. The van der Waals surface area contributed by atoms with Crippen molar-refractivity contribution in [2.75, 3.05) is 13.2 Å². The van der Waals surface area contributed by atoms with Crippen molar-refractivity contribution in [3.8, 4) is 5.69 Å². The second kappa shape index (κ2) is 9.82. The summed E-state index contributed by atoms with van der Waals surface area (Å²) < 4.78 is 49.4. The van der Waals surface area contributed by atoms with Gasteiger partial charge in [-0.1, -0.05) is 12.1 Å². The Bertz CT molecular complexity index is 1250. The van der Waals surface area contributed by atoms with Gasteiger partial charge in [0.1, 0.15) is 11.6 Å². The molecule has 1 aliphatic heterocycles. The Labute approximate surface area is 191 Å². The Balaban J connectivity index is 1.40. The van der Waals surface area contributed by atoms with Crippen LogP contribution in [0.2, 0.25) is 0 Å². The van der Waals surface area contributed by atoms with Crippen molar-refractivity contribution in [2.45, 2.75) is 37.3 Å². The van der Waals surface area contributed by atoms with Crippen molar-refractivity contribution in [1.82, 2.24) is 19.6 Å². The van der Waals surface area contributed by atoms with Crippen LogP contribution in [0.4, 0.5) is 4.39 Å². The number of halogens is 1. The molecule has 2 heterocycles. The molecule has 33 heavy (non-hydrogen) atoms. The highest BCUT2D eigenvalue weighted by Gasteiger charge is 2.21. The van der Waals surface area contributed by atoms with E-state index in [9.17, 15) is 17.6 Å². The number of amides is 1. The smallest absolute Gasteiger partial charge is 0.251 e. The van der Waals surface area contributed by atoms with Gasteiger partial charge in [-0.05, 0) is 55.7 Å². The summed E-state index contributed by atoms with van der Waals surface area (Å²) in [5.74, 6) is -0.232. The lowest BCUT2D eigenvalue weighted by molar-refractivity contribution is 0.0950. The number of nitrogens with zero attached hydrogens (tertiary/aromatic N) is 2. The Kier molecular flexibility index (Phi) is 6.87. The average molecular weight is 473 g/mol. The second-order valence-electron chi connectivity index (χ2n) is 7.83. The molecule has 0 bridgehead atoms. The summed E-state index contributed by atoms with van der Waals surface area (Å²) >= 11 is 0. The van der Waals surface area contributed by atoms with Gasteiger partial charge in [-0.15, -0.1) is 0 Å². The van der Waals surface area contributed by atoms with Crippen LogP contribution in [0.1, 0.15) is 34.6 Å². The standard InChI is InChI=1S/C23H25FN4O4S/c1-16-25-9-10-28(16)22-8-7-17(12-21(22)24)14-26-23(29)18-4-2-6-20(13-18)33(30,31)27-15-19-5-3-11-32-19/h2,4,6-10,12-13,19,27H,3,5,11,14-15H2,1H3,(H,26,29). The molecule has 10 heteroatoms. The van der Waals surface area contributed by atoms with Gasteiger partial charge >= 0.3 is 0 Å². The van der Waals surface area contributed by atoms with Crippen molar-refractivity contribution in [2.24, 2.45) is 0 Å². The molecule has 1 atom stereocenters. The third-order valence-corrected chi connectivity index (χ3v) is 6.90. The van der Waals surface area contributed by atoms with Crippen LogP contribution in [0.3, 0.4) is 0 Å². The molecule has 2 N–H and O–H groups in total. The molecule has 3 aromatic rings. The quantitative estimate of drug-likeness (QED) is 0.525. The van der Waals surface area contributed by atoms with Crippen LogP contribution in [0.25, 0.3) is 5.69 Å². The monoisotopic (exact) mass is 472 g/mol. The fourth-order valence-corrected chi connectivity index (χ4v) is 4.78. The Hall–Kier alpha value is -3.08. The SMILES string of the molecule is Cc1nccn1-c1ccc(CNC(=O)c2cccc(S(=O)(=O)NCC3CCCO3)c2)cc1F. The Morgan fingerprint density at radius 3 is 2.82 bits per heavy atom. The van der Waals surface area contributed by atoms with Gasteiger partial charge < -0.3 is 14.6 Å². The normalized spacial score (nSPS) is 16.1. The van der Waals surface area contributed by atoms with E-state index >= 15 is 0 Å². The van der Waals surface area contributed by atoms with E-state index in [2.05, 4.69) is 15.0 Å². The van der Waals surface area contributed by atoms with Gasteiger partial charge in [-0.3, -0.25) is 4.79 Å². The topological polar surface area (TPSA) is 102 Å². The molecule has 4 rings (SSSR count). The fraction of sp³-hybridized carbons (Fsp3) is 0.304. The van der Waals surface area contributed by atoms with Gasteiger partial charge in [0.25, 0.3) is 5.91 Å². The predicted molar refractivity (Wildman–Crippen MR) is 120 cm³/mol. The van der Waals surface area contributed by atoms with E-state index in [1.807, 2.05) is 0 Å². The van der Waals surface area contributed by atoms with Crippen LogP contribution in [0.15, 0.2) is 59.8 Å². The molecule has 1 aromatic heterocycles. The number of nitrogens with one attached hydrogen (secondary N) is 2. The van der Waals surface area contributed by atoms with Gasteiger partial charge in [0, 0.05) is 37.7 Å². The van der Waals surface area contributed by atoms with Crippen LogP contribution >= 0.6 is 0 Å². The molecule has 1 unspecified atom stereocenters. The molecule has 0 radical (unpaired) electrons. The van der Waals surface area contributed by atoms with Crippen LogP contribution in [-0.2, 0) is 21.3 Å². The number of imidazole rings is 1. The zero-order valence-electron chi connectivity index (χ0n) is 18.1. The highest BCUT2D eigenvalue weighted by Crippen LogP contribution is 2.18. The fourth-order valence-electron chi connectivity index (χ4n) is 3.67. The Morgan fingerprint density at radius 2 is 2.12 bits per heavy atom. The van der Waals surface area contributed by atoms with Gasteiger partial charge in [-0.25, -0.2) is 22.5 Å². The molecular weight excluding hydrogens is 447 g/mol. The first kappa shape index (κ1) is 23.1. The zero-order valence-corrected chi connectivity index (χ0v) is 18.9. The van der Waals surface area contributed by atoms with Crippen molar-refractivity contribution in [1.29, 1.82) is 0 Å². The Morgan fingerprint density at radius 1 is 1.27 bits per heavy atom. The van der Waals surface area contributed by atoms with Gasteiger partial charge in [0.05, 0.1) is 16.7 Å². The van der Waals surface area contributed by atoms with E-state index in [1.165, 1.54) is 30.3 Å². The lowest BCUT2D eigenvalue weighted by Crippen LogP contribution is -2.32. The van der Waals surface area contributed by atoms with Crippen LogP contribution in [0, 0.1) is 12.7 Å². The number of sulfonamides is 1. The summed E-state index contributed by atoms with van der Waals surface area (Å²) in [4.78, 5) is 16.7. The number of benzene rings is 2. The minimum Gasteiger partial charge on any atom is -0.377 e. The van der Waals surface area contributed by atoms with Gasteiger partial charge in [0.2, 0.25) is 10.0 Å². The number of ether oxygens (including phenoxy) is 1. The molecule has 0 aliphatic carbocycles. The lowest BCUT2D eigenvalue weighted by atomic mass is 10.1. The number of aryl methyl sites for hydroxylation is 1. The molecule has 1 fully saturated rings. The molecule has 8 nitrogen and oxygen atoms in total. The summed E-state index contributed by atoms with van der Waals surface area (Å²) in [7, 11) is -3.77. The molecule has 174 valence electrons. The van der Waals surface area contributed by atoms with Crippen molar-refractivity contribution in [3.05, 3.63) is 77.6 Å². The molecule has 1 saturated heterocycles. The minimum atomic E-state index is -3.77. The third kappa shape index (κ3) is 5.47. The summed E-state index contributed by atoms with van der Waals surface area (Å²) in [6, 6.07) is 10.5. The van der Waals surface area contributed by atoms with E-state index in [0.29, 0.717) is 23.7 Å². The van der Waals surface area contributed by atoms with E-state index < -0.39 is 21.7 Å². The second-order valence-corrected chi connectivity index (χ2v) is 9.59. The molecular formula is C23H25FN4O4S. The predicted octanol–water partition coefficient (Wildman–Crippen LogP) is 2.71. The van der Waals surface area contributed by atoms with E-state index in [4.69, 9.17) is 4.74 Å². The maximum Gasteiger partial charge on any atom is 0.251 e. The summed E-state index contributed by atoms with van der Waals surface area (Å²) in [5.41, 5.74) is 1.14.